The van der Waals surface area contributed by atoms with E-state index in [9.17, 15) is 4.79 Å². The van der Waals surface area contributed by atoms with Crippen molar-refractivity contribution >= 4 is 5.97 Å². The van der Waals surface area contributed by atoms with Crippen LogP contribution < -0.4 is 5.90 Å². The predicted molar refractivity (Wildman–Crippen MR) is 39.4 cm³/mol. The number of carbonyl (C=O) groups is 1. The van der Waals surface area contributed by atoms with E-state index in [2.05, 4.69) is 4.84 Å². The van der Waals surface area contributed by atoms with Gasteiger partial charge in [-0.05, 0) is 13.0 Å². The molecule has 0 radical (unpaired) electrons. The third-order valence-corrected chi connectivity index (χ3v) is 1.47. The molecule has 0 bridgehead atoms. The number of furan rings is 1. The van der Waals surface area contributed by atoms with Crippen molar-refractivity contribution in [2.75, 3.05) is 0 Å². The molecule has 5 heteroatoms. The van der Waals surface area contributed by atoms with Crippen LogP contribution in [-0.4, -0.2) is 11.1 Å². The van der Waals surface area contributed by atoms with Crippen molar-refractivity contribution in [1.82, 2.24) is 0 Å². The van der Waals surface area contributed by atoms with Gasteiger partial charge in [-0.1, -0.05) is 0 Å². The van der Waals surface area contributed by atoms with E-state index in [1.54, 1.807) is 6.92 Å². The molecule has 3 N–H and O–H groups in total. The highest BCUT2D eigenvalue weighted by atomic mass is 16.6. The van der Waals surface area contributed by atoms with Gasteiger partial charge in [0, 0.05) is 5.56 Å². The second-order valence-corrected chi connectivity index (χ2v) is 2.31. The van der Waals surface area contributed by atoms with Gasteiger partial charge in [0.2, 0.25) is 5.76 Å². The minimum atomic E-state index is -1.10. The van der Waals surface area contributed by atoms with Gasteiger partial charge in [0.25, 0.3) is 0 Å². The number of aryl methyl sites for hydroxylation is 1. The first kappa shape index (κ1) is 8.76. The van der Waals surface area contributed by atoms with E-state index in [1.165, 1.54) is 6.07 Å². The lowest BCUT2D eigenvalue weighted by Crippen LogP contribution is -1.98. The van der Waals surface area contributed by atoms with E-state index >= 15 is 0 Å². The maximum atomic E-state index is 10.4. The summed E-state index contributed by atoms with van der Waals surface area (Å²) in [6.45, 7) is 1.81. The Labute approximate surface area is 68.7 Å². The smallest absolute Gasteiger partial charge is 0.371 e. The number of hydrogen-bond donors (Lipinski definition) is 2. The molecular weight excluding hydrogens is 162 g/mol. The van der Waals surface area contributed by atoms with Crippen LogP contribution in [0.15, 0.2) is 10.5 Å². The number of hydrogen-bond acceptors (Lipinski definition) is 4. The van der Waals surface area contributed by atoms with Crippen molar-refractivity contribution in [3.8, 4) is 0 Å². The quantitative estimate of drug-likeness (QED) is 0.653. The zero-order valence-electron chi connectivity index (χ0n) is 6.53. The third-order valence-electron chi connectivity index (χ3n) is 1.47. The first-order valence-electron chi connectivity index (χ1n) is 3.29. The van der Waals surface area contributed by atoms with Gasteiger partial charge in [-0.3, -0.25) is 4.84 Å². The van der Waals surface area contributed by atoms with Crippen LogP contribution in [0.25, 0.3) is 0 Å². The molecule has 12 heavy (non-hydrogen) atoms. The molecule has 0 aliphatic rings. The van der Waals surface area contributed by atoms with Gasteiger partial charge in [0.15, 0.2) is 0 Å². The molecule has 0 amide bonds. The first-order valence-corrected chi connectivity index (χ1v) is 3.29. The molecular formula is C7H9NO4. The second-order valence-electron chi connectivity index (χ2n) is 2.31. The van der Waals surface area contributed by atoms with Crippen LogP contribution in [0.3, 0.4) is 0 Å². The largest absolute Gasteiger partial charge is 0.475 e. The standard InChI is InChI=1S/C7H9NO4/c1-4-5(3-11-8)2-6(12-4)7(9)10/h2H,3,8H2,1H3,(H,9,10). The van der Waals surface area contributed by atoms with Gasteiger partial charge < -0.3 is 9.52 Å². The highest BCUT2D eigenvalue weighted by molar-refractivity contribution is 5.84. The highest BCUT2D eigenvalue weighted by Crippen LogP contribution is 2.14. The minimum Gasteiger partial charge on any atom is -0.475 e. The molecule has 0 aliphatic heterocycles. The molecule has 1 heterocycles. The Morgan fingerprint density at radius 1 is 1.83 bits per heavy atom. The summed E-state index contributed by atoms with van der Waals surface area (Å²) < 4.78 is 4.89. The summed E-state index contributed by atoms with van der Waals surface area (Å²) in [5.74, 6) is 4.14. The fraction of sp³-hybridized carbons (Fsp3) is 0.286. The molecule has 5 nitrogen and oxygen atoms in total. The molecule has 0 spiro atoms. The van der Waals surface area contributed by atoms with Crippen molar-refractivity contribution in [3.63, 3.8) is 0 Å². The fourth-order valence-corrected chi connectivity index (χ4v) is 0.858. The van der Waals surface area contributed by atoms with Gasteiger partial charge in [0.05, 0.1) is 6.61 Å². The molecule has 1 aromatic heterocycles. The van der Waals surface area contributed by atoms with E-state index in [0.717, 1.165) is 0 Å². The Bertz CT molecular complexity index is 292. The third kappa shape index (κ3) is 1.63. The number of aromatic carboxylic acids is 1. The Hall–Kier alpha value is -1.33. The van der Waals surface area contributed by atoms with Crippen LogP contribution in [0.5, 0.6) is 0 Å². The second kappa shape index (κ2) is 3.38. The van der Waals surface area contributed by atoms with Gasteiger partial charge in [0.1, 0.15) is 5.76 Å². The van der Waals surface area contributed by atoms with E-state index in [-0.39, 0.29) is 12.4 Å². The molecule has 0 saturated carbocycles. The summed E-state index contributed by atoms with van der Waals surface area (Å²) in [6, 6.07) is 1.39. The van der Waals surface area contributed by atoms with Crippen LogP contribution in [0, 0.1) is 6.92 Å². The molecule has 0 atom stereocenters. The van der Waals surface area contributed by atoms with Gasteiger partial charge in [-0.15, -0.1) is 0 Å². The highest BCUT2D eigenvalue weighted by Gasteiger charge is 2.12. The maximum absolute atomic E-state index is 10.4. The van der Waals surface area contributed by atoms with Crippen LogP contribution in [0.1, 0.15) is 21.9 Å². The lowest BCUT2D eigenvalue weighted by Gasteiger charge is -1.92. The van der Waals surface area contributed by atoms with Crippen molar-refractivity contribution in [1.29, 1.82) is 0 Å². The van der Waals surface area contributed by atoms with E-state index in [4.69, 9.17) is 15.4 Å². The summed E-state index contributed by atoms with van der Waals surface area (Å²) in [5, 5.41) is 8.53. The molecule has 0 saturated heterocycles. The number of rotatable bonds is 3. The number of carboxylic acid groups (broad SMARTS) is 1. The van der Waals surface area contributed by atoms with Crippen molar-refractivity contribution in [2.45, 2.75) is 13.5 Å². The summed E-state index contributed by atoms with van der Waals surface area (Å²) >= 11 is 0. The summed E-state index contributed by atoms with van der Waals surface area (Å²) in [5.41, 5.74) is 0.648. The average molecular weight is 171 g/mol. The lowest BCUT2D eigenvalue weighted by atomic mass is 10.2. The Balaban J connectivity index is 2.92. The summed E-state index contributed by atoms with van der Waals surface area (Å²) in [4.78, 5) is 14.8. The van der Waals surface area contributed by atoms with E-state index in [0.29, 0.717) is 11.3 Å². The summed E-state index contributed by atoms with van der Waals surface area (Å²) in [6.07, 6.45) is 0. The number of nitrogens with two attached hydrogens (primary N) is 1. The molecule has 0 fully saturated rings. The summed E-state index contributed by atoms with van der Waals surface area (Å²) in [7, 11) is 0. The Kier molecular flexibility index (Phi) is 2.47. The average Bonchev–Trinajstić information content (AvgIpc) is 2.34. The minimum absolute atomic E-state index is 0.0976. The first-order chi connectivity index (χ1) is 5.65. The molecule has 1 rings (SSSR count). The zero-order chi connectivity index (χ0) is 9.14. The SMILES string of the molecule is Cc1oc(C(=O)O)cc1CON. The maximum Gasteiger partial charge on any atom is 0.371 e. The van der Waals surface area contributed by atoms with Crippen LogP contribution >= 0.6 is 0 Å². The van der Waals surface area contributed by atoms with Crippen LogP contribution in [0.2, 0.25) is 0 Å². The Morgan fingerprint density at radius 3 is 2.92 bits per heavy atom. The molecule has 0 unspecified atom stereocenters. The van der Waals surface area contributed by atoms with Gasteiger partial charge in [-0.25, -0.2) is 10.7 Å². The van der Waals surface area contributed by atoms with Crippen molar-refractivity contribution in [2.24, 2.45) is 5.90 Å². The van der Waals surface area contributed by atoms with Crippen molar-refractivity contribution in [3.05, 3.63) is 23.2 Å². The molecule has 66 valence electrons. The fourth-order valence-electron chi connectivity index (χ4n) is 0.858. The molecule has 0 aliphatic carbocycles. The zero-order valence-corrected chi connectivity index (χ0v) is 6.53. The van der Waals surface area contributed by atoms with Crippen LogP contribution in [0.4, 0.5) is 0 Å². The topological polar surface area (TPSA) is 85.7 Å². The predicted octanol–water partition coefficient (Wildman–Crippen LogP) is 0.677. The molecule has 0 aromatic carbocycles. The van der Waals surface area contributed by atoms with E-state index < -0.39 is 5.97 Å². The van der Waals surface area contributed by atoms with E-state index in [1.807, 2.05) is 0 Å². The Morgan fingerprint density at radius 2 is 2.50 bits per heavy atom. The molecule has 1 aromatic rings. The van der Waals surface area contributed by atoms with Gasteiger partial charge in [-0.2, -0.15) is 0 Å². The van der Waals surface area contributed by atoms with Gasteiger partial charge >= 0.3 is 5.97 Å². The van der Waals surface area contributed by atoms with Crippen LogP contribution in [-0.2, 0) is 11.4 Å². The lowest BCUT2D eigenvalue weighted by molar-refractivity contribution is 0.0661. The number of carboxylic acids is 1. The normalized spacial score (nSPS) is 10.2. The monoisotopic (exact) mass is 171 g/mol. The van der Waals surface area contributed by atoms with Crippen molar-refractivity contribution < 1.29 is 19.2 Å².